The number of aryl methyl sites for hydroxylation is 2. The van der Waals surface area contributed by atoms with Gasteiger partial charge >= 0.3 is 0 Å². The molecule has 0 N–H and O–H groups in total. The van der Waals surface area contributed by atoms with Crippen molar-refractivity contribution in [1.29, 1.82) is 0 Å². The monoisotopic (exact) mass is 743 g/mol. The topological polar surface area (TPSA) is 3.24 Å². The van der Waals surface area contributed by atoms with Gasteiger partial charge in [0.05, 0.1) is 5.69 Å². The predicted molar refractivity (Wildman–Crippen MR) is 243 cm³/mol. The Morgan fingerprint density at radius 2 is 1.02 bits per heavy atom. The van der Waals surface area contributed by atoms with E-state index in [-0.39, 0.29) is 16.2 Å². The summed E-state index contributed by atoms with van der Waals surface area (Å²) in [5, 5.41) is 2.69. The van der Waals surface area contributed by atoms with Crippen LogP contribution in [-0.2, 0) is 16.2 Å². The van der Waals surface area contributed by atoms with Crippen molar-refractivity contribution in [3.05, 3.63) is 172 Å². The van der Waals surface area contributed by atoms with Crippen LogP contribution in [0.2, 0.25) is 0 Å². The number of thiophene rings is 1. The van der Waals surface area contributed by atoms with Gasteiger partial charge in [-0.3, -0.25) is 0 Å². The minimum Gasteiger partial charge on any atom is -0.310 e. The zero-order valence-corrected chi connectivity index (χ0v) is 34.9. The van der Waals surface area contributed by atoms with E-state index >= 15 is 0 Å². The quantitative estimate of drug-likeness (QED) is 0.173. The molecule has 0 atom stereocenters. The fraction of sp³-hybridized carbons (Fsp3) is 0.222. The molecule has 0 saturated carbocycles. The van der Waals surface area contributed by atoms with Crippen LogP contribution >= 0.6 is 11.3 Å². The van der Waals surface area contributed by atoms with Crippen molar-refractivity contribution in [2.75, 3.05) is 4.90 Å². The van der Waals surface area contributed by atoms with E-state index in [2.05, 4.69) is 201 Å². The highest BCUT2D eigenvalue weighted by molar-refractivity contribution is 7.26. The molecule has 8 aromatic rings. The number of nitrogens with zero attached hydrogens (tertiary/aromatic N) is 1. The molecule has 10 rings (SSSR count). The van der Waals surface area contributed by atoms with Crippen LogP contribution in [0.1, 0.15) is 87.4 Å². The molecule has 0 aliphatic heterocycles. The average molecular weight is 744 g/mol. The summed E-state index contributed by atoms with van der Waals surface area (Å²) < 4.78 is 2.72. The second-order valence-electron chi connectivity index (χ2n) is 18.4. The van der Waals surface area contributed by atoms with Crippen LogP contribution in [0.3, 0.4) is 0 Å². The summed E-state index contributed by atoms with van der Waals surface area (Å²) in [5.74, 6) is 0. The second kappa shape index (κ2) is 12.0. The first-order chi connectivity index (χ1) is 26.7. The van der Waals surface area contributed by atoms with Crippen molar-refractivity contribution in [2.24, 2.45) is 0 Å². The molecule has 1 nitrogen and oxygen atoms in total. The average Bonchev–Trinajstić information content (AvgIpc) is 3.75. The first-order valence-electron chi connectivity index (χ1n) is 20.1. The minimum atomic E-state index is -0.145. The van der Waals surface area contributed by atoms with Gasteiger partial charge in [-0.2, -0.15) is 0 Å². The third-order valence-corrected chi connectivity index (χ3v) is 14.4. The van der Waals surface area contributed by atoms with E-state index in [0.717, 1.165) is 0 Å². The molecule has 2 aliphatic rings. The smallest absolute Gasteiger partial charge is 0.0540 e. The molecular weight excluding hydrogens is 695 g/mol. The summed E-state index contributed by atoms with van der Waals surface area (Å²) in [4.78, 5) is 2.54. The zero-order valence-electron chi connectivity index (χ0n) is 34.1. The van der Waals surface area contributed by atoms with Gasteiger partial charge in [-0.15, -0.1) is 11.3 Å². The van der Waals surface area contributed by atoms with Crippen LogP contribution in [-0.4, -0.2) is 0 Å². The molecule has 1 aromatic heterocycles. The van der Waals surface area contributed by atoms with Gasteiger partial charge in [0.2, 0.25) is 0 Å². The number of hydrogen-bond donors (Lipinski definition) is 0. The highest BCUT2D eigenvalue weighted by Gasteiger charge is 2.38. The van der Waals surface area contributed by atoms with E-state index in [1.807, 2.05) is 11.3 Å². The van der Waals surface area contributed by atoms with Gasteiger partial charge in [-0.1, -0.05) is 151 Å². The highest BCUT2D eigenvalue weighted by Crippen LogP contribution is 2.55. The molecule has 2 aliphatic carbocycles. The Labute approximate surface area is 336 Å². The maximum atomic E-state index is 2.54. The lowest BCUT2D eigenvalue weighted by molar-refractivity contribution is 0.584. The Bertz CT molecular complexity index is 2930. The number of benzene rings is 7. The summed E-state index contributed by atoms with van der Waals surface area (Å²) >= 11 is 1.93. The van der Waals surface area contributed by atoms with Crippen molar-refractivity contribution in [1.82, 2.24) is 0 Å². The molecule has 0 unspecified atom stereocenters. The highest BCUT2D eigenvalue weighted by atomic mass is 32.1. The van der Waals surface area contributed by atoms with Crippen LogP contribution in [0.25, 0.3) is 53.6 Å². The van der Waals surface area contributed by atoms with Crippen LogP contribution in [0, 0.1) is 13.8 Å². The molecule has 0 fully saturated rings. The molecule has 1 heterocycles. The third-order valence-electron chi connectivity index (χ3n) is 13.0. The summed E-state index contributed by atoms with van der Waals surface area (Å²) in [6, 6.07) is 51.2. The van der Waals surface area contributed by atoms with Crippen LogP contribution in [0.15, 0.2) is 133 Å². The van der Waals surface area contributed by atoms with Gasteiger partial charge in [0.15, 0.2) is 0 Å². The molecule has 7 aromatic carbocycles. The Morgan fingerprint density at radius 1 is 0.464 bits per heavy atom. The summed E-state index contributed by atoms with van der Waals surface area (Å²) in [6.07, 6.45) is 0. The van der Waals surface area contributed by atoms with Crippen molar-refractivity contribution < 1.29 is 0 Å². The molecule has 56 heavy (non-hydrogen) atoms. The molecule has 0 spiro atoms. The third kappa shape index (κ3) is 5.04. The van der Waals surface area contributed by atoms with Gasteiger partial charge in [-0.05, 0) is 111 Å². The molecular formula is C54H49NS. The lowest BCUT2D eigenvalue weighted by Gasteiger charge is -2.31. The normalized spacial score (nSPS) is 14.8. The number of para-hydroxylation sites is 1. The lowest BCUT2D eigenvalue weighted by Crippen LogP contribution is -2.19. The SMILES string of the molecule is Cc1cc(C)c2sc3c(-c4ccccc4N(c4ccc5c(c4)C(C)(C)c4ccccc4-5)c4ccc5c(c4)C(C)(C)c4cc(C(C)(C)C)ccc4-5)cccc3c2c1. The summed E-state index contributed by atoms with van der Waals surface area (Å²) in [7, 11) is 0. The standard InChI is InChI=1S/C54H49NS/c1-32-27-33(2)50-44(28-32)43-18-14-17-42(51(43)56-50)41-16-11-13-20-49(41)55(35-22-25-39-37-15-10-12-19-45(37)53(6,7)47(39)30-35)36-23-26-40-38-24-21-34(52(3,4)5)29-46(38)54(8,9)48(40)31-36/h10-31H,1-9H3. The number of rotatable bonds is 4. The van der Waals surface area contributed by atoms with Crippen LogP contribution in [0.5, 0.6) is 0 Å². The molecule has 2 heteroatoms. The number of anilines is 3. The van der Waals surface area contributed by atoms with Crippen molar-refractivity contribution in [3.63, 3.8) is 0 Å². The fourth-order valence-corrected chi connectivity index (χ4v) is 11.2. The Morgan fingerprint density at radius 3 is 1.70 bits per heavy atom. The first kappa shape index (κ1) is 35.0. The molecule has 0 radical (unpaired) electrons. The van der Waals surface area contributed by atoms with Gasteiger partial charge in [0, 0.05) is 53.5 Å². The fourth-order valence-electron chi connectivity index (χ4n) is 9.95. The molecule has 276 valence electrons. The van der Waals surface area contributed by atoms with E-state index in [4.69, 9.17) is 0 Å². The molecule has 0 bridgehead atoms. The molecule has 0 amide bonds. The van der Waals surface area contributed by atoms with Gasteiger partial charge in [0.25, 0.3) is 0 Å². The summed E-state index contributed by atoms with van der Waals surface area (Å²) in [6.45, 7) is 21.0. The van der Waals surface area contributed by atoms with Gasteiger partial charge < -0.3 is 4.90 Å². The van der Waals surface area contributed by atoms with E-state index < -0.39 is 0 Å². The van der Waals surface area contributed by atoms with Crippen molar-refractivity contribution in [2.45, 2.75) is 78.6 Å². The van der Waals surface area contributed by atoms with Crippen molar-refractivity contribution in [3.8, 4) is 33.4 Å². The maximum absolute atomic E-state index is 2.54. The zero-order chi connectivity index (χ0) is 38.9. The minimum absolute atomic E-state index is 0.0847. The van der Waals surface area contributed by atoms with Gasteiger partial charge in [-0.25, -0.2) is 0 Å². The Hall–Kier alpha value is -5.44. The summed E-state index contributed by atoms with van der Waals surface area (Å²) in [5.41, 5.74) is 20.9. The van der Waals surface area contributed by atoms with Crippen LogP contribution < -0.4 is 4.90 Å². The number of hydrogen-bond acceptors (Lipinski definition) is 2. The van der Waals surface area contributed by atoms with Crippen LogP contribution in [0.4, 0.5) is 17.1 Å². The van der Waals surface area contributed by atoms with Gasteiger partial charge in [0.1, 0.15) is 0 Å². The predicted octanol–water partition coefficient (Wildman–Crippen LogP) is 15.7. The number of fused-ring (bicyclic) bond motifs is 9. The second-order valence-corrected chi connectivity index (χ2v) is 19.4. The lowest BCUT2D eigenvalue weighted by atomic mass is 9.79. The molecule has 0 saturated heterocycles. The maximum Gasteiger partial charge on any atom is 0.0540 e. The van der Waals surface area contributed by atoms with E-state index in [0.29, 0.717) is 0 Å². The van der Waals surface area contributed by atoms with Crippen molar-refractivity contribution >= 4 is 48.6 Å². The largest absolute Gasteiger partial charge is 0.310 e. The Balaban J connectivity index is 1.21. The van der Waals surface area contributed by atoms with E-state index in [9.17, 15) is 0 Å². The first-order valence-corrected chi connectivity index (χ1v) is 20.9. The Kier molecular flexibility index (Phi) is 7.52. The van der Waals surface area contributed by atoms with E-state index in [1.54, 1.807) is 0 Å². The van der Waals surface area contributed by atoms with E-state index in [1.165, 1.54) is 110 Å².